The van der Waals surface area contributed by atoms with Crippen LogP contribution in [0.5, 0.6) is 0 Å². The van der Waals surface area contributed by atoms with E-state index in [0.29, 0.717) is 18.2 Å². The Balaban J connectivity index is 1.53. The molecule has 5 heteroatoms. The molecule has 5 nitrogen and oxygen atoms in total. The summed E-state index contributed by atoms with van der Waals surface area (Å²) in [4.78, 5) is 15.4. The maximum atomic E-state index is 11.4. The highest BCUT2D eigenvalue weighted by Gasteiger charge is 2.23. The summed E-state index contributed by atoms with van der Waals surface area (Å²) in [5, 5.41) is 16.1. The number of carboxylic acids is 1. The van der Waals surface area contributed by atoms with Crippen LogP contribution in [0, 0.1) is 6.92 Å². The van der Waals surface area contributed by atoms with Crippen LogP contribution in [0.2, 0.25) is 0 Å². The Morgan fingerprint density at radius 1 is 1.23 bits per heavy atom. The molecule has 2 heterocycles. The third-order valence-corrected chi connectivity index (χ3v) is 5.83. The number of fused-ring (bicyclic) bond motifs is 1. The zero-order valence-electron chi connectivity index (χ0n) is 17.6. The number of rotatable bonds is 6. The quantitative estimate of drug-likeness (QED) is 0.534. The van der Waals surface area contributed by atoms with E-state index in [1.54, 1.807) is 6.20 Å². The van der Waals surface area contributed by atoms with Crippen molar-refractivity contribution in [2.45, 2.75) is 39.3 Å². The Morgan fingerprint density at radius 3 is 2.80 bits per heavy atom. The van der Waals surface area contributed by atoms with Gasteiger partial charge in [-0.2, -0.15) is 0 Å². The molecule has 3 aromatic rings. The fourth-order valence-electron chi connectivity index (χ4n) is 4.10. The van der Waals surface area contributed by atoms with Gasteiger partial charge in [0.25, 0.3) is 0 Å². The minimum absolute atomic E-state index is 0.125. The number of carboxylic acid groups (broad SMARTS) is 1. The predicted molar refractivity (Wildman–Crippen MR) is 120 cm³/mol. The number of nitrogens with zero attached hydrogens (tertiary/aromatic N) is 1. The number of aryl methyl sites for hydroxylation is 1. The molecule has 0 saturated heterocycles. The Kier molecular flexibility index (Phi) is 5.55. The number of hydrogen-bond acceptors (Lipinski definition) is 4. The molecule has 1 aliphatic heterocycles. The van der Waals surface area contributed by atoms with Crippen LogP contribution in [0.3, 0.4) is 0 Å². The molecule has 4 rings (SSSR count). The summed E-state index contributed by atoms with van der Waals surface area (Å²) >= 11 is 0. The average molecular weight is 402 g/mol. The number of anilines is 1. The Labute approximate surface area is 177 Å². The maximum absolute atomic E-state index is 11.4. The topological polar surface area (TPSA) is 74.2 Å². The highest BCUT2D eigenvalue weighted by molar-refractivity contribution is 5.93. The Morgan fingerprint density at radius 2 is 2.07 bits per heavy atom. The summed E-state index contributed by atoms with van der Waals surface area (Å²) in [7, 11) is 0. The molecule has 0 spiro atoms. The second-order valence-corrected chi connectivity index (χ2v) is 8.18. The maximum Gasteiger partial charge on any atom is 0.337 e. The number of benzene rings is 2. The largest absolute Gasteiger partial charge is 0.478 e. The van der Waals surface area contributed by atoms with Gasteiger partial charge in [0.05, 0.1) is 23.5 Å². The summed E-state index contributed by atoms with van der Waals surface area (Å²) in [6.45, 7) is 8.01. The van der Waals surface area contributed by atoms with Crippen LogP contribution in [-0.4, -0.2) is 22.6 Å². The number of hydrogen-bond donors (Lipinski definition) is 3. The molecule has 0 bridgehead atoms. The summed E-state index contributed by atoms with van der Waals surface area (Å²) in [5.41, 5.74) is 8.48. The lowest BCUT2D eigenvalue weighted by Crippen LogP contribution is -2.22. The van der Waals surface area contributed by atoms with Gasteiger partial charge in [-0.3, -0.25) is 4.98 Å². The minimum atomic E-state index is -0.955. The van der Waals surface area contributed by atoms with Gasteiger partial charge in [-0.05, 0) is 58.4 Å². The molecule has 0 saturated carbocycles. The first kappa shape index (κ1) is 20.1. The van der Waals surface area contributed by atoms with E-state index in [1.807, 2.05) is 0 Å². The molecule has 1 atom stereocenters. The molecular formula is C25H27N3O2. The molecule has 0 radical (unpaired) electrons. The van der Waals surface area contributed by atoms with E-state index in [0.717, 1.165) is 6.54 Å². The van der Waals surface area contributed by atoms with Gasteiger partial charge in [0, 0.05) is 19.3 Å². The van der Waals surface area contributed by atoms with Gasteiger partial charge in [-0.25, -0.2) is 4.79 Å². The lowest BCUT2D eigenvalue weighted by molar-refractivity contribution is 0.0698. The van der Waals surface area contributed by atoms with Crippen molar-refractivity contribution in [2.24, 2.45) is 0 Å². The molecule has 3 N–H and O–H groups in total. The molecule has 0 fully saturated rings. The smallest absolute Gasteiger partial charge is 0.337 e. The van der Waals surface area contributed by atoms with Crippen LogP contribution in [0.1, 0.15) is 58.4 Å². The van der Waals surface area contributed by atoms with Crippen LogP contribution in [-0.2, 0) is 6.54 Å². The zero-order chi connectivity index (χ0) is 21.3. The van der Waals surface area contributed by atoms with Gasteiger partial charge in [0.2, 0.25) is 0 Å². The van der Waals surface area contributed by atoms with Crippen molar-refractivity contribution < 1.29 is 9.90 Å². The van der Waals surface area contributed by atoms with Gasteiger partial charge < -0.3 is 15.7 Å². The second kappa shape index (κ2) is 8.28. The lowest BCUT2D eigenvalue weighted by atomic mass is 9.92. The van der Waals surface area contributed by atoms with Crippen molar-refractivity contribution in [3.8, 4) is 11.1 Å². The number of carbonyl (C=O) groups is 1. The Bertz CT molecular complexity index is 1090. The highest BCUT2D eigenvalue weighted by atomic mass is 16.4. The predicted octanol–water partition coefficient (Wildman–Crippen LogP) is 5.14. The average Bonchev–Trinajstić information content (AvgIpc) is 3.14. The molecular weight excluding hydrogens is 374 g/mol. The normalized spacial score (nSPS) is 15.3. The number of nitrogens with one attached hydrogen (secondary N) is 2. The summed E-state index contributed by atoms with van der Waals surface area (Å²) < 4.78 is 0. The third kappa shape index (κ3) is 3.94. The van der Waals surface area contributed by atoms with Gasteiger partial charge in [0.15, 0.2) is 0 Å². The van der Waals surface area contributed by atoms with Crippen LogP contribution >= 0.6 is 0 Å². The van der Waals surface area contributed by atoms with Gasteiger partial charge in [-0.1, -0.05) is 44.2 Å². The monoisotopic (exact) mass is 401 g/mol. The molecule has 1 aliphatic rings. The van der Waals surface area contributed by atoms with Gasteiger partial charge in [-0.15, -0.1) is 0 Å². The highest BCUT2D eigenvalue weighted by Crippen LogP contribution is 2.32. The first-order valence-corrected chi connectivity index (χ1v) is 10.3. The van der Waals surface area contributed by atoms with Crippen LogP contribution in [0.15, 0.2) is 54.9 Å². The van der Waals surface area contributed by atoms with E-state index < -0.39 is 5.97 Å². The zero-order valence-corrected chi connectivity index (χ0v) is 17.6. The summed E-state index contributed by atoms with van der Waals surface area (Å²) in [5.74, 6) is -0.431. The van der Waals surface area contributed by atoms with E-state index in [4.69, 9.17) is 0 Å². The van der Waals surface area contributed by atoms with E-state index in [2.05, 4.69) is 72.8 Å². The van der Waals surface area contributed by atoms with Crippen molar-refractivity contribution in [1.29, 1.82) is 0 Å². The molecule has 154 valence electrons. The molecule has 30 heavy (non-hydrogen) atoms. The number of pyridine rings is 1. The van der Waals surface area contributed by atoms with Crippen LogP contribution < -0.4 is 10.6 Å². The number of aromatic carboxylic acids is 1. The molecule has 0 amide bonds. The van der Waals surface area contributed by atoms with Crippen molar-refractivity contribution >= 4 is 11.7 Å². The standard InChI is InChI=1S/C25H27N3O2/c1-15(2)17-4-6-20(16(3)10-17)18-5-7-21-19(11-18)12-27-24(21)14-28-23-13-26-9-8-22(23)25(29)30/h4-11,13,15,24,27-28H,12,14H2,1-3H3,(H,29,30). The molecule has 1 aromatic heterocycles. The van der Waals surface area contributed by atoms with E-state index in [9.17, 15) is 9.90 Å². The minimum Gasteiger partial charge on any atom is -0.478 e. The first-order valence-electron chi connectivity index (χ1n) is 10.3. The fraction of sp³-hybridized carbons (Fsp3) is 0.280. The fourth-order valence-corrected chi connectivity index (χ4v) is 4.10. The molecule has 1 unspecified atom stereocenters. The lowest BCUT2D eigenvalue weighted by Gasteiger charge is -2.16. The first-order chi connectivity index (χ1) is 14.4. The van der Waals surface area contributed by atoms with Crippen molar-refractivity contribution in [3.63, 3.8) is 0 Å². The van der Waals surface area contributed by atoms with Crippen molar-refractivity contribution in [2.75, 3.05) is 11.9 Å². The third-order valence-electron chi connectivity index (χ3n) is 5.83. The van der Waals surface area contributed by atoms with Crippen LogP contribution in [0.25, 0.3) is 11.1 Å². The SMILES string of the molecule is Cc1cc(C(C)C)ccc1-c1ccc2c(c1)CNC2CNc1cnccc1C(=O)O. The van der Waals surface area contributed by atoms with Crippen LogP contribution in [0.4, 0.5) is 5.69 Å². The van der Waals surface area contributed by atoms with E-state index in [1.165, 1.54) is 45.6 Å². The summed E-state index contributed by atoms with van der Waals surface area (Å²) in [6, 6.07) is 15.0. The van der Waals surface area contributed by atoms with Crippen molar-refractivity contribution in [3.05, 3.63) is 82.7 Å². The van der Waals surface area contributed by atoms with E-state index >= 15 is 0 Å². The Hall–Kier alpha value is -3.18. The van der Waals surface area contributed by atoms with E-state index in [-0.39, 0.29) is 11.6 Å². The van der Waals surface area contributed by atoms with Crippen molar-refractivity contribution in [1.82, 2.24) is 10.3 Å². The second-order valence-electron chi connectivity index (χ2n) is 8.18. The van der Waals surface area contributed by atoms with Gasteiger partial charge >= 0.3 is 5.97 Å². The van der Waals surface area contributed by atoms with Gasteiger partial charge in [0.1, 0.15) is 0 Å². The summed E-state index contributed by atoms with van der Waals surface area (Å²) in [6.07, 6.45) is 3.06. The molecule has 2 aromatic carbocycles. The number of aromatic nitrogens is 1. The molecule has 0 aliphatic carbocycles.